The van der Waals surface area contributed by atoms with Gasteiger partial charge in [-0.15, -0.1) is 0 Å². The predicted molar refractivity (Wildman–Crippen MR) is 58.3 cm³/mol. The quantitative estimate of drug-likeness (QED) is 0.725. The third-order valence-corrected chi connectivity index (χ3v) is 2.23. The molecule has 15 heavy (non-hydrogen) atoms. The Morgan fingerprint density at radius 3 is 2.80 bits per heavy atom. The number of halogens is 1. The summed E-state index contributed by atoms with van der Waals surface area (Å²) in [6, 6.07) is 6.42. The first-order chi connectivity index (χ1) is 7.24. The molecule has 0 spiro atoms. The van der Waals surface area contributed by atoms with Gasteiger partial charge < -0.3 is 5.32 Å². The molecule has 0 atom stereocenters. The fourth-order valence-electron chi connectivity index (χ4n) is 1.40. The van der Waals surface area contributed by atoms with Crippen LogP contribution in [0.25, 0.3) is 0 Å². The van der Waals surface area contributed by atoms with Crippen molar-refractivity contribution >= 4 is 5.78 Å². The standard InChI is InChI=1S/C12H16FNO/c1-14-8-4-6-11(15)9-10-5-2-3-7-12(10)13/h2-3,5,7,14H,4,6,8-9H2,1H3. The van der Waals surface area contributed by atoms with Crippen LogP contribution in [-0.4, -0.2) is 19.4 Å². The monoisotopic (exact) mass is 209 g/mol. The minimum atomic E-state index is -0.292. The van der Waals surface area contributed by atoms with Crippen molar-refractivity contribution in [3.8, 4) is 0 Å². The van der Waals surface area contributed by atoms with E-state index in [1.54, 1.807) is 18.2 Å². The molecule has 3 heteroatoms. The molecule has 0 bridgehead atoms. The van der Waals surface area contributed by atoms with E-state index in [-0.39, 0.29) is 18.0 Å². The van der Waals surface area contributed by atoms with Crippen molar-refractivity contribution < 1.29 is 9.18 Å². The first-order valence-electron chi connectivity index (χ1n) is 5.13. The smallest absolute Gasteiger partial charge is 0.137 e. The Bertz CT molecular complexity index is 325. The molecule has 0 fully saturated rings. The summed E-state index contributed by atoms with van der Waals surface area (Å²) < 4.78 is 13.2. The second kappa shape index (κ2) is 6.30. The number of hydrogen-bond donors (Lipinski definition) is 1. The van der Waals surface area contributed by atoms with Gasteiger partial charge in [0.25, 0.3) is 0 Å². The highest BCUT2D eigenvalue weighted by Crippen LogP contribution is 2.08. The molecule has 0 heterocycles. The molecule has 0 saturated carbocycles. The van der Waals surface area contributed by atoms with Crippen molar-refractivity contribution in [3.63, 3.8) is 0 Å². The lowest BCUT2D eigenvalue weighted by Crippen LogP contribution is -2.11. The summed E-state index contributed by atoms with van der Waals surface area (Å²) in [5, 5.41) is 2.97. The second-order valence-corrected chi connectivity index (χ2v) is 3.51. The number of benzene rings is 1. The van der Waals surface area contributed by atoms with Crippen LogP contribution in [-0.2, 0) is 11.2 Å². The van der Waals surface area contributed by atoms with E-state index in [1.165, 1.54) is 6.07 Å². The molecule has 0 radical (unpaired) electrons. The Morgan fingerprint density at radius 1 is 1.40 bits per heavy atom. The average molecular weight is 209 g/mol. The summed E-state index contributed by atoms with van der Waals surface area (Å²) in [6.45, 7) is 0.822. The number of nitrogens with one attached hydrogen (secondary N) is 1. The lowest BCUT2D eigenvalue weighted by molar-refractivity contribution is -0.118. The predicted octanol–water partition coefficient (Wildman–Crippen LogP) is 1.94. The molecule has 1 aromatic rings. The minimum Gasteiger partial charge on any atom is -0.320 e. The molecule has 0 amide bonds. The van der Waals surface area contributed by atoms with Crippen molar-refractivity contribution in [1.29, 1.82) is 0 Å². The Morgan fingerprint density at radius 2 is 2.13 bits per heavy atom. The van der Waals surface area contributed by atoms with Crippen molar-refractivity contribution in [2.24, 2.45) is 0 Å². The maximum absolute atomic E-state index is 13.2. The molecule has 0 aliphatic heterocycles. The van der Waals surface area contributed by atoms with Gasteiger partial charge in [-0.1, -0.05) is 18.2 Å². The van der Waals surface area contributed by atoms with E-state index in [4.69, 9.17) is 0 Å². The Kier molecular flexibility index (Phi) is 4.98. The van der Waals surface area contributed by atoms with Gasteiger partial charge in [-0.2, -0.15) is 0 Å². The van der Waals surface area contributed by atoms with Gasteiger partial charge in [0.15, 0.2) is 0 Å². The Labute approximate surface area is 89.5 Å². The molecule has 82 valence electrons. The van der Waals surface area contributed by atoms with E-state index in [1.807, 2.05) is 7.05 Å². The number of hydrogen-bond acceptors (Lipinski definition) is 2. The van der Waals surface area contributed by atoms with E-state index in [2.05, 4.69) is 5.32 Å². The van der Waals surface area contributed by atoms with Crippen LogP contribution in [0, 0.1) is 5.82 Å². The molecule has 1 rings (SSSR count). The number of ketones is 1. The third-order valence-electron chi connectivity index (χ3n) is 2.23. The Balaban J connectivity index is 2.41. The summed E-state index contributed by atoms with van der Waals surface area (Å²) in [6.07, 6.45) is 1.52. The van der Waals surface area contributed by atoms with Crippen LogP contribution in [0.2, 0.25) is 0 Å². The van der Waals surface area contributed by atoms with E-state index in [0.717, 1.165) is 13.0 Å². The highest BCUT2D eigenvalue weighted by atomic mass is 19.1. The van der Waals surface area contributed by atoms with Crippen LogP contribution in [0.3, 0.4) is 0 Å². The summed E-state index contributed by atoms with van der Waals surface area (Å²) in [7, 11) is 1.85. The fraction of sp³-hybridized carbons (Fsp3) is 0.417. The SMILES string of the molecule is CNCCCC(=O)Cc1ccccc1F. The maximum Gasteiger partial charge on any atom is 0.137 e. The molecule has 1 N–H and O–H groups in total. The first-order valence-corrected chi connectivity index (χ1v) is 5.13. The van der Waals surface area contributed by atoms with E-state index in [0.29, 0.717) is 12.0 Å². The minimum absolute atomic E-state index is 0.0929. The highest BCUT2D eigenvalue weighted by Gasteiger charge is 2.06. The van der Waals surface area contributed by atoms with Crippen molar-refractivity contribution in [2.75, 3.05) is 13.6 Å². The highest BCUT2D eigenvalue weighted by molar-refractivity contribution is 5.80. The molecule has 0 saturated heterocycles. The van der Waals surface area contributed by atoms with Gasteiger partial charge in [0.1, 0.15) is 11.6 Å². The van der Waals surface area contributed by atoms with Gasteiger partial charge in [-0.25, -0.2) is 4.39 Å². The van der Waals surface area contributed by atoms with Crippen molar-refractivity contribution in [1.82, 2.24) is 5.32 Å². The molecule has 0 aliphatic rings. The molecular formula is C12H16FNO. The maximum atomic E-state index is 13.2. The fourth-order valence-corrected chi connectivity index (χ4v) is 1.40. The van der Waals surface area contributed by atoms with Gasteiger partial charge in [-0.05, 0) is 31.6 Å². The van der Waals surface area contributed by atoms with Crippen molar-refractivity contribution in [3.05, 3.63) is 35.6 Å². The van der Waals surface area contributed by atoms with Crippen LogP contribution in [0.5, 0.6) is 0 Å². The zero-order valence-electron chi connectivity index (χ0n) is 8.92. The third kappa shape index (κ3) is 4.21. The number of Topliss-reactive ketones (excluding diaryl/α,β-unsaturated/α-hetero) is 1. The molecule has 0 aliphatic carbocycles. The zero-order valence-corrected chi connectivity index (χ0v) is 8.92. The second-order valence-electron chi connectivity index (χ2n) is 3.51. The lowest BCUT2D eigenvalue weighted by atomic mass is 10.1. The number of rotatable bonds is 6. The van der Waals surface area contributed by atoms with Gasteiger partial charge in [0.05, 0.1) is 0 Å². The molecule has 0 unspecified atom stereocenters. The molecule has 0 aromatic heterocycles. The van der Waals surface area contributed by atoms with Crippen LogP contribution >= 0.6 is 0 Å². The molecule has 1 aromatic carbocycles. The van der Waals surface area contributed by atoms with Gasteiger partial charge in [-0.3, -0.25) is 4.79 Å². The van der Waals surface area contributed by atoms with Crippen LogP contribution < -0.4 is 5.32 Å². The van der Waals surface area contributed by atoms with Crippen LogP contribution in [0.4, 0.5) is 4.39 Å². The van der Waals surface area contributed by atoms with Crippen LogP contribution in [0.15, 0.2) is 24.3 Å². The summed E-state index contributed by atoms with van der Waals surface area (Å²) in [4.78, 5) is 11.4. The zero-order chi connectivity index (χ0) is 11.1. The number of carbonyl (C=O) groups is 1. The normalized spacial score (nSPS) is 10.3. The summed E-state index contributed by atoms with van der Waals surface area (Å²) in [5.74, 6) is -0.199. The van der Waals surface area contributed by atoms with Gasteiger partial charge >= 0.3 is 0 Å². The molecular weight excluding hydrogens is 193 g/mol. The topological polar surface area (TPSA) is 29.1 Å². The van der Waals surface area contributed by atoms with E-state index < -0.39 is 0 Å². The largest absolute Gasteiger partial charge is 0.320 e. The average Bonchev–Trinajstić information content (AvgIpc) is 2.22. The number of carbonyl (C=O) groups excluding carboxylic acids is 1. The summed E-state index contributed by atoms with van der Waals surface area (Å²) >= 11 is 0. The lowest BCUT2D eigenvalue weighted by Gasteiger charge is -2.02. The summed E-state index contributed by atoms with van der Waals surface area (Å²) in [5.41, 5.74) is 0.493. The van der Waals surface area contributed by atoms with Gasteiger partial charge in [0.2, 0.25) is 0 Å². The van der Waals surface area contributed by atoms with Gasteiger partial charge in [0, 0.05) is 12.8 Å². The van der Waals surface area contributed by atoms with Crippen molar-refractivity contribution in [2.45, 2.75) is 19.3 Å². The van der Waals surface area contributed by atoms with E-state index in [9.17, 15) is 9.18 Å². The van der Waals surface area contributed by atoms with Crippen LogP contribution in [0.1, 0.15) is 18.4 Å². The molecule has 2 nitrogen and oxygen atoms in total. The first kappa shape index (κ1) is 11.9. The van der Waals surface area contributed by atoms with E-state index >= 15 is 0 Å². The Hall–Kier alpha value is -1.22.